The van der Waals surface area contributed by atoms with Crippen molar-refractivity contribution in [1.82, 2.24) is 5.32 Å². The van der Waals surface area contributed by atoms with Crippen LogP contribution in [0.3, 0.4) is 0 Å². The fourth-order valence-electron chi connectivity index (χ4n) is 0.151. The van der Waals surface area contributed by atoms with E-state index in [1.54, 1.807) is 7.05 Å². The summed E-state index contributed by atoms with van der Waals surface area (Å²) in [7, 11) is 1.59. The molecule has 0 radical (unpaired) electrons. The molecule has 0 aromatic rings. The molecule has 0 amide bonds. The SMILES string of the molecule is CNCC(=O)O.O=C(O)C(=O)O.[NaH].[NaH].[NaH]. The van der Waals surface area contributed by atoms with Crippen molar-refractivity contribution in [2.75, 3.05) is 13.6 Å². The summed E-state index contributed by atoms with van der Waals surface area (Å²) >= 11 is 0. The number of nitrogens with one attached hydrogen (secondary N) is 1. The van der Waals surface area contributed by atoms with E-state index in [1.165, 1.54) is 0 Å². The maximum absolute atomic E-state index is 9.54. The third kappa shape index (κ3) is 39.2. The molecule has 0 aliphatic rings. The molecule has 0 rings (SSSR count). The van der Waals surface area contributed by atoms with Crippen LogP contribution in [-0.2, 0) is 14.4 Å². The van der Waals surface area contributed by atoms with Crippen LogP contribution in [0.5, 0.6) is 0 Å². The van der Waals surface area contributed by atoms with Crippen LogP contribution >= 0.6 is 0 Å². The third-order valence-electron chi connectivity index (χ3n) is 0.511. The molecule has 0 aliphatic carbocycles. The molecule has 0 fully saturated rings. The van der Waals surface area contributed by atoms with E-state index in [4.69, 9.17) is 24.9 Å². The monoisotopic (exact) mass is 251 g/mol. The summed E-state index contributed by atoms with van der Waals surface area (Å²) < 4.78 is 0. The van der Waals surface area contributed by atoms with Crippen LogP contribution in [0.2, 0.25) is 0 Å². The molecule has 0 saturated heterocycles. The quantitative estimate of drug-likeness (QED) is 0.296. The van der Waals surface area contributed by atoms with Crippen LogP contribution in [-0.4, -0.2) is 135 Å². The van der Waals surface area contributed by atoms with Crippen LogP contribution in [0, 0.1) is 0 Å². The summed E-state index contributed by atoms with van der Waals surface area (Å²) in [6.07, 6.45) is 0. The van der Waals surface area contributed by atoms with Gasteiger partial charge in [-0.05, 0) is 7.05 Å². The number of carboxylic acid groups (broad SMARTS) is 3. The van der Waals surface area contributed by atoms with Crippen molar-refractivity contribution in [2.24, 2.45) is 0 Å². The molecule has 7 nitrogen and oxygen atoms in total. The summed E-state index contributed by atoms with van der Waals surface area (Å²) in [5.41, 5.74) is 0. The molecule has 0 heterocycles. The Morgan fingerprint density at radius 1 is 0.933 bits per heavy atom. The average molecular weight is 251 g/mol. The van der Waals surface area contributed by atoms with Gasteiger partial charge in [0, 0.05) is 0 Å². The summed E-state index contributed by atoms with van der Waals surface area (Å²) in [5.74, 6) is -4.47. The molecule has 4 N–H and O–H groups in total. The molecule has 10 heteroatoms. The van der Waals surface area contributed by atoms with Gasteiger partial charge in [-0.25, -0.2) is 9.59 Å². The molecule has 15 heavy (non-hydrogen) atoms. The minimum absolute atomic E-state index is 0. The standard InChI is InChI=1S/C3H7NO2.C2H2O4.3Na.3H/c1-4-2-3(5)6;3-1(4)2(5)6;;;;;;/h4H,2H2,1H3,(H,5,6);(H,3,4)(H,5,6);;;;;;. The molecule has 0 aromatic carbocycles. The maximum atomic E-state index is 9.54. The van der Waals surface area contributed by atoms with Crippen LogP contribution in [0.4, 0.5) is 0 Å². The Hall–Kier alpha value is 1.37. The van der Waals surface area contributed by atoms with Crippen molar-refractivity contribution in [3.63, 3.8) is 0 Å². The van der Waals surface area contributed by atoms with Gasteiger partial charge in [0.1, 0.15) is 0 Å². The summed E-state index contributed by atoms with van der Waals surface area (Å²) in [4.78, 5) is 27.7. The first-order valence-corrected chi connectivity index (χ1v) is 2.74. The topological polar surface area (TPSA) is 124 Å². The molecule has 76 valence electrons. The number of carbonyl (C=O) groups is 3. The zero-order chi connectivity index (χ0) is 10.1. The summed E-state index contributed by atoms with van der Waals surface area (Å²) in [6, 6.07) is 0. The van der Waals surface area contributed by atoms with E-state index in [0.717, 1.165) is 0 Å². The first-order chi connectivity index (χ1) is 5.41. The van der Waals surface area contributed by atoms with E-state index in [-0.39, 0.29) is 95.2 Å². The number of carboxylic acids is 3. The van der Waals surface area contributed by atoms with Crippen molar-refractivity contribution in [3.05, 3.63) is 0 Å². The second-order valence-corrected chi connectivity index (χ2v) is 1.53. The molecule has 0 saturated carbocycles. The number of hydrogen-bond donors (Lipinski definition) is 4. The zero-order valence-electron chi connectivity index (χ0n) is 6.27. The normalized spacial score (nSPS) is 6.20. The van der Waals surface area contributed by atoms with Crippen molar-refractivity contribution < 1.29 is 29.7 Å². The minimum atomic E-state index is -1.82. The van der Waals surface area contributed by atoms with E-state index in [1.807, 2.05) is 0 Å². The van der Waals surface area contributed by atoms with Gasteiger partial charge in [-0.1, -0.05) is 0 Å². The number of rotatable bonds is 2. The van der Waals surface area contributed by atoms with Crippen LogP contribution in [0.25, 0.3) is 0 Å². The van der Waals surface area contributed by atoms with E-state index in [0.29, 0.717) is 0 Å². The van der Waals surface area contributed by atoms with Gasteiger partial charge in [0.15, 0.2) is 0 Å². The fourth-order valence-corrected chi connectivity index (χ4v) is 0.151. The van der Waals surface area contributed by atoms with Gasteiger partial charge in [-0.3, -0.25) is 4.79 Å². The molecule has 0 atom stereocenters. The number of aliphatic carboxylic acids is 3. The van der Waals surface area contributed by atoms with Crippen molar-refractivity contribution >= 4 is 107 Å². The predicted molar refractivity (Wildman–Crippen MR) is 58.3 cm³/mol. The predicted octanol–water partition coefficient (Wildman–Crippen LogP) is -3.50. The van der Waals surface area contributed by atoms with Gasteiger partial charge >= 0.3 is 107 Å². The number of hydrogen-bond acceptors (Lipinski definition) is 4. The average Bonchev–Trinajstić information content (AvgIpc) is 1.87. The van der Waals surface area contributed by atoms with Crippen molar-refractivity contribution in [2.45, 2.75) is 0 Å². The van der Waals surface area contributed by atoms with E-state index < -0.39 is 17.9 Å². The van der Waals surface area contributed by atoms with Gasteiger partial charge in [0.05, 0.1) is 6.54 Å². The van der Waals surface area contributed by atoms with Gasteiger partial charge < -0.3 is 20.6 Å². The van der Waals surface area contributed by atoms with Gasteiger partial charge in [0.2, 0.25) is 0 Å². The second-order valence-electron chi connectivity index (χ2n) is 1.53. The first kappa shape index (κ1) is 29.9. The molecule has 0 bridgehead atoms. The van der Waals surface area contributed by atoms with Crippen molar-refractivity contribution in [3.8, 4) is 0 Å². The Bertz CT molecular complexity index is 176. The van der Waals surface area contributed by atoms with E-state index >= 15 is 0 Å². The molecule has 0 spiro atoms. The van der Waals surface area contributed by atoms with Crippen LogP contribution < -0.4 is 5.32 Å². The van der Waals surface area contributed by atoms with Crippen LogP contribution in [0.1, 0.15) is 0 Å². The van der Waals surface area contributed by atoms with Gasteiger partial charge in [-0.15, -0.1) is 0 Å². The Morgan fingerprint density at radius 2 is 1.20 bits per heavy atom. The Balaban J connectivity index is -0.0000000370. The molecule has 0 unspecified atom stereocenters. The zero-order valence-corrected chi connectivity index (χ0v) is 6.27. The molecular formula is C5H12NNa3O6. The van der Waals surface area contributed by atoms with E-state index in [2.05, 4.69) is 5.32 Å². The molecular weight excluding hydrogens is 239 g/mol. The van der Waals surface area contributed by atoms with Gasteiger partial charge in [0.25, 0.3) is 0 Å². The number of likely N-dealkylation sites (N-methyl/N-ethyl adjacent to an activating group) is 1. The molecule has 0 aromatic heterocycles. The first-order valence-electron chi connectivity index (χ1n) is 2.74. The summed E-state index contributed by atoms with van der Waals surface area (Å²) in [5, 5.41) is 25.1. The molecule has 0 aliphatic heterocycles. The van der Waals surface area contributed by atoms with Crippen molar-refractivity contribution in [1.29, 1.82) is 0 Å². The van der Waals surface area contributed by atoms with E-state index in [9.17, 15) is 4.79 Å². The van der Waals surface area contributed by atoms with Crippen LogP contribution in [0.15, 0.2) is 0 Å². The fraction of sp³-hybridized carbons (Fsp3) is 0.400. The Kier molecular flexibility index (Phi) is 41.4. The van der Waals surface area contributed by atoms with Gasteiger partial charge in [-0.2, -0.15) is 0 Å². The third-order valence-corrected chi connectivity index (χ3v) is 0.511. The Labute approximate surface area is 153 Å². The Morgan fingerprint density at radius 3 is 1.20 bits per heavy atom. The second kappa shape index (κ2) is 20.7. The summed E-state index contributed by atoms with van der Waals surface area (Å²) in [6.45, 7) is 0.0417.